The van der Waals surface area contributed by atoms with Crippen molar-refractivity contribution in [1.82, 2.24) is 19.2 Å². The Morgan fingerprint density at radius 3 is 2.74 bits per heavy atom. The maximum absolute atomic E-state index is 13.0. The summed E-state index contributed by atoms with van der Waals surface area (Å²) < 4.78 is 13.1. The molecular formula is C18H20N4O5. The first-order valence-electron chi connectivity index (χ1n) is 8.28. The third-order valence-electron chi connectivity index (χ3n) is 4.07. The first kappa shape index (κ1) is 18.5. The number of rotatable bonds is 7. The predicted molar refractivity (Wildman–Crippen MR) is 96.8 cm³/mol. The number of carbonyl (C=O) groups excluding carboxylic acids is 1. The van der Waals surface area contributed by atoms with Crippen molar-refractivity contribution in [3.8, 4) is 23.0 Å². The Balaban J connectivity index is 2.10. The molecule has 0 saturated carbocycles. The molecule has 0 aliphatic carbocycles. The van der Waals surface area contributed by atoms with Crippen molar-refractivity contribution < 1.29 is 19.1 Å². The fraction of sp³-hybridized carbons (Fsp3) is 0.278. The molecule has 0 radical (unpaired) electrons. The van der Waals surface area contributed by atoms with E-state index in [-0.39, 0.29) is 31.4 Å². The van der Waals surface area contributed by atoms with E-state index in [0.29, 0.717) is 17.2 Å². The van der Waals surface area contributed by atoms with Crippen LogP contribution in [0.2, 0.25) is 0 Å². The topological polar surface area (TPSA) is 103 Å². The summed E-state index contributed by atoms with van der Waals surface area (Å²) in [7, 11) is 3.06. The Hall–Kier alpha value is -3.33. The first-order valence-corrected chi connectivity index (χ1v) is 8.28. The predicted octanol–water partition coefficient (Wildman–Crippen LogP) is 0.753. The first-order chi connectivity index (χ1) is 13.1. The van der Waals surface area contributed by atoms with Gasteiger partial charge in [-0.2, -0.15) is 4.68 Å². The van der Waals surface area contributed by atoms with Crippen molar-refractivity contribution in [2.24, 2.45) is 0 Å². The number of carbonyl (C=O) groups is 1. The van der Waals surface area contributed by atoms with Gasteiger partial charge in [0.1, 0.15) is 18.0 Å². The number of para-hydroxylation sites is 2. The molecule has 0 atom stereocenters. The zero-order valence-corrected chi connectivity index (χ0v) is 15.0. The van der Waals surface area contributed by atoms with Crippen molar-refractivity contribution in [1.29, 1.82) is 0 Å². The molecule has 1 aromatic carbocycles. The van der Waals surface area contributed by atoms with E-state index in [0.717, 1.165) is 0 Å². The number of amides is 1. The quantitative estimate of drug-likeness (QED) is 0.657. The van der Waals surface area contributed by atoms with Gasteiger partial charge in [0.25, 0.3) is 0 Å². The van der Waals surface area contributed by atoms with Gasteiger partial charge in [0.15, 0.2) is 5.76 Å². The number of nitrogens with zero attached hydrogens (tertiary/aromatic N) is 4. The third kappa shape index (κ3) is 3.63. The molecule has 1 amide bonds. The standard InChI is InChI=1S/C18H20N4O5/c1-20(9-10-23)16(24)12-21-17(15-8-5-11-27-15)19-22(18(21)25)13-6-3-4-7-14(13)26-2/h3-8,11,23H,9-10,12H2,1-2H3. The maximum Gasteiger partial charge on any atom is 0.351 e. The summed E-state index contributed by atoms with van der Waals surface area (Å²) in [5, 5.41) is 13.4. The van der Waals surface area contributed by atoms with Crippen LogP contribution in [-0.4, -0.2) is 57.6 Å². The summed E-state index contributed by atoms with van der Waals surface area (Å²) in [4.78, 5) is 26.8. The largest absolute Gasteiger partial charge is 0.494 e. The minimum atomic E-state index is -0.503. The van der Waals surface area contributed by atoms with Crippen LogP contribution in [0.3, 0.4) is 0 Å². The highest BCUT2D eigenvalue weighted by molar-refractivity contribution is 5.76. The number of aromatic nitrogens is 3. The van der Waals surface area contributed by atoms with Crippen molar-refractivity contribution >= 4 is 5.91 Å². The van der Waals surface area contributed by atoms with Crippen LogP contribution in [0.25, 0.3) is 17.3 Å². The van der Waals surface area contributed by atoms with Gasteiger partial charge in [0.05, 0.1) is 20.0 Å². The van der Waals surface area contributed by atoms with Crippen LogP contribution in [0.5, 0.6) is 5.75 Å². The van der Waals surface area contributed by atoms with E-state index in [9.17, 15) is 9.59 Å². The lowest BCUT2D eigenvalue weighted by Crippen LogP contribution is -2.36. The van der Waals surface area contributed by atoms with Gasteiger partial charge in [0.2, 0.25) is 11.7 Å². The summed E-state index contributed by atoms with van der Waals surface area (Å²) in [6.45, 7) is -0.229. The summed E-state index contributed by atoms with van der Waals surface area (Å²) in [5.41, 5.74) is -0.0515. The summed E-state index contributed by atoms with van der Waals surface area (Å²) >= 11 is 0. The number of likely N-dealkylation sites (N-methyl/N-ethyl adjacent to an activating group) is 1. The molecule has 9 nitrogen and oxygen atoms in total. The van der Waals surface area contributed by atoms with Crippen molar-refractivity contribution in [2.75, 3.05) is 27.3 Å². The lowest BCUT2D eigenvalue weighted by atomic mass is 10.3. The van der Waals surface area contributed by atoms with E-state index in [1.54, 1.807) is 43.4 Å². The number of furan rings is 1. The van der Waals surface area contributed by atoms with E-state index < -0.39 is 5.69 Å². The Bertz CT molecular complexity index is 974. The number of benzene rings is 1. The number of hydrogen-bond donors (Lipinski definition) is 1. The molecule has 0 aliphatic heterocycles. The molecule has 2 heterocycles. The molecule has 9 heteroatoms. The van der Waals surface area contributed by atoms with Crippen LogP contribution < -0.4 is 10.4 Å². The third-order valence-corrected chi connectivity index (χ3v) is 4.07. The van der Waals surface area contributed by atoms with Crippen LogP contribution in [0.4, 0.5) is 0 Å². The van der Waals surface area contributed by atoms with Crippen LogP contribution in [0.15, 0.2) is 51.9 Å². The second kappa shape index (κ2) is 7.92. The summed E-state index contributed by atoms with van der Waals surface area (Å²) in [5.74, 6) is 0.720. The molecule has 3 aromatic rings. The highest BCUT2D eigenvalue weighted by Crippen LogP contribution is 2.22. The van der Waals surface area contributed by atoms with Gasteiger partial charge in [-0.3, -0.25) is 9.36 Å². The summed E-state index contributed by atoms with van der Waals surface area (Å²) in [6, 6.07) is 10.3. The average molecular weight is 372 g/mol. The number of methoxy groups -OCH3 is 1. The van der Waals surface area contributed by atoms with Crippen LogP contribution in [0, 0.1) is 0 Å². The van der Waals surface area contributed by atoms with Gasteiger partial charge in [-0.05, 0) is 24.3 Å². The van der Waals surface area contributed by atoms with Crippen LogP contribution in [0.1, 0.15) is 0 Å². The molecule has 1 N–H and O–H groups in total. The second-order valence-electron chi connectivity index (χ2n) is 5.79. The Labute approximate surface area is 155 Å². The van der Waals surface area contributed by atoms with Crippen molar-refractivity contribution in [3.63, 3.8) is 0 Å². The molecule has 3 rings (SSSR count). The van der Waals surface area contributed by atoms with Crippen molar-refractivity contribution in [3.05, 3.63) is 53.1 Å². The molecule has 27 heavy (non-hydrogen) atoms. The Morgan fingerprint density at radius 2 is 2.07 bits per heavy atom. The molecule has 0 unspecified atom stereocenters. The fourth-order valence-electron chi connectivity index (χ4n) is 2.62. The van der Waals surface area contributed by atoms with E-state index in [2.05, 4.69) is 5.10 Å². The minimum Gasteiger partial charge on any atom is -0.494 e. The second-order valence-corrected chi connectivity index (χ2v) is 5.79. The van der Waals surface area contributed by atoms with Crippen molar-refractivity contribution in [2.45, 2.75) is 6.54 Å². The van der Waals surface area contributed by atoms with Gasteiger partial charge >= 0.3 is 5.69 Å². The van der Waals surface area contributed by atoms with E-state index in [1.807, 2.05) is 0 Å². The smallest absolute Gasteiger partial charge is 0.351 e. The number of ether oxygens (including phenoxy) is 1. The van der Waals surface area contributed by atoms with E-state index in [4.69, 9.17) is 14.3 Å². The Morgan fingerprint density at radius 1 is 1.30 bits per heavy atom. The monoisotopic (exact) mass is 372 g/mol. The maximum atomic E-state index is 13.0. The Kier molecular flexibility index (Phi) is 5.41. The van der Waals surface area contributed by atoms with Crippen LogP contribution >= 0.6 is 0 Å². The molecule has 0 bridgehead atoms. The van der Waals surface area contributed by atoms with Gasteiger partial charge in [0, 0.05) is 13.6 Å². The number of hydrogen-bond acceptors (Lipinski definition) is 6. The molecular weight excluding hydrogens is 352 g/mol. The van der Waals surface area contributed by atoms with Gasteiger partial charge in [-0.1, -0.05) is 12.1 Å². The zero-order valence-electron chi connectivity index (χ0n) is 15.0. The van der Waals surface area contributed by atoms with Gasteiger partial charge < -0.3 is 19.2 Å². The van der Waals surface area contributed by atoms with E-state index in [1.165, 1.54) is 27.5 Å². The zero-order chi connectivity index (χ0) is 19.4. The highest BCUT2D eigenvalue weighted by Gasteiger charge is 2.22. The molecule has 0 fully saturated rings. The molecule has 142 valence electrons. The lowest BCUT2D eigenvalue weighted by molar-refractivity contribution is -0.131. The van der Waals surface area contributed by atoms with Gasteiger partial charge in [-0.15, -0.1) is 5.10 Å². The minimum absolute atomic E-state index is 0.164. The molecule has 2 aromatic heterocycles. The summed E-state index contributed by atoms with van der Waals surface area (Å²) in [6.07, 6.45) is 1.46. The number of aliphatic hydroxyl groups is 1. The average Bonchev–Trinajstić information content (AvgIpc) is 3.31. The fourth-order valence-corrected chi connectivity index (χ4v) is 2.62. The van der Waals surface area contributed by atoms with E-state index >= 15 is 0 Å². The SMILES string of the molecule is COc1ccccc1-n1nc(-c2ccco2)n(CC(=O)N(C)CCO)c1=O. The normalized spacial score (nSPS) is 10.8. The van der Waals surface area contributed by atoms with Gasteiger partial charge in [-0.25, -0.2) is 4.79 Å². The molecule has 0 saturated heterocycles. The lowest BCUT2D eigenvalue weighted by Gasteiger charge is -2.15. The molecule has 0 spiro atoms. The highest BCUT2D eigenvalue weighted by atomic mass is 16.5. The van der Waals surface area contributed by atoms with Crippen LogP contribution in [-0.2, 0) is 11.3 Å². The molecule has 0 aliphatic rings. The number of aliphatic hydroxyl groups excluding tert-OH is 1.